The van der Waals surface area contributed by atoms with Gasteiger partial charge in [0.1, 0.15) is 0 Å². The normalized spacial score (nSPS) is 18.7. The van der Waals surface area contributed by atoms with Crippen LogP contribution in [0.15, 0.2) is 23.1 Å². The Balaban J connectivity index is 2.50. The summed E-state index contributed by atoms with van der Waals surface area (Å²) in [6.45, 7) is -0.326. The van der Waals surface area contributed by atoms with E-state index in [1.807, 2.05) is 0 Å². The molecule has 2 rings (SSSR count). The molecule has 1 atom stereocenters. The fourth-order valence-electron chi connectivity index (χ4n) is 2.57. The van der Waals surface area contributed by atoms with Crippen LogP contribution < -0.4 is 0 Å². The molecule has 23 heavy (non-hydrogen) atoms. The van der Waals surface area contributed by atoms with Crippen LogP contribution in [0.2, 0.25) is 0 Å². The molecule has 0 saturated carbocycles. The van der Waals surface area contributed by atoms with E-state index in [1.54, 1.807) is 0 Å². The molecule has 128 valence electrons. The number of rotatable bonds is 3. The number of halogens is 4. The van der Waals surface area contributed by atoms with Crippen molar-refractivity contribution in [2.24, 2.45) is 0 Å². The minimum atomic E-state index is -5.01. The molecule has 0 aliphatic carbocycles. The molecule has 0 saturated heterocycles. The number of carbonyl (C=O) groups excluding carboxylic acids is 1. The molecule has 0 spiro atoms. The van der Waals surface area contributed by atoms with Gasteiger partial charge in [-0.25, -0.2) is 8.42 Å². The van der Waals surface area contributed by atoms with E-state index in [2.05, 4.69) is 0 Å². The van der Waals surface area contributed by atoms with Crippen molar-refractivity contribution < 1.29 is 31.1 Å². The van der Waals surface area contributed by atoms with E-state index in [1.165, 1.54) is 25.3 Å². The first-order chi connectivity index (χ1) is 10.6. The average molecular weight is 372 g/mol. The number of ether oxygens (including phenoxy) is 1. The molecule has 1 amide bonds. The van der Waals surface area contributed by atoms with Crippen LogP contribution >= 0.6 is 10.7 Å². The van der Waals surface area contributed by atoms with Crippen LogP contribution in [0.4, 0.5) is 13.2 Å². The molecule has 1 aromatic carbocycles. The van der Waals surface area contributed by atoms with Gasteiger partial charge in [0.25, 0.3) is 9.05 Å². The van der Waals surface area contributed by atoms with Crippen molar-refractivity contribution in [1.82, 2.24) is 4.90 Å². The van der Waals surface area contributed by atoms with Crippen molar-refractivity contribution >= 4 is 25.6 Å². The lowest BCUT2D eigenvalue weighted by Gasteiger charge is -2.37. The minimum absolute atomic E-state index is 0.133. The van der Waals surface area contributed by atoms with E-state index in [9.17, 15) is 26.4 Å². The Labute approximate surface area is 135 Å². The predicted octanol–water partition coefficient (Wildman–Crippen LogP) is 2.25. The van der Waals surface area contributed by atoms with Gasteiger partial charge >= 0.3 is 12.1 Å². The molecule has 0 radical (unpaired) electrons. The molecule has 10 heteroatoms. The second-order valence-corrected chi connectivity index (χ2v) is 7.58. The third-order valence-corrected chi connectivity index (χ3v) is 4.94. The van der Waals surface area contributed by atoms with Crippen molar-refractivity contribution in [3.8, 4) is 0 Å². The number of nitrogens with zero attached hydrogens (tertiary/aromatic N) is 1. The number of fused-ring (bicyclic) bond motifs is 1. The zero-order valence-electron chi connectivity index (χ0n) is 11.9. The number of benzene rings is 1. The summed E-state index contributed by atoms with van der Waals surface area (Å²) in [5.74, 6) is -1.98. The van der Waals surface area contributed by atoms with Crippen LogP contribution in [-0.4, -0.2) is 45.7 Å². The summed E-state index contributed by atoms with van der Waals surface area (Å²) >= 11 is 0. The molecule has 1 heterocycles. The number of alkyl halides is 3. The lowest BCUT2D eigenvalue weighted by Crippen LogP contribution is -2.47. The zero-order valence-corrected chi connectivity index (χ0v) is 13.5. The maximum atomic E-state index is 12.7. The van der Waals surface area contributed by atoms with E-state index in [-0.39, 0.29) is 30.0 Å². The zero-order chi connectivity index (χ0) is 17.4. The standard InChI is InChI=1S/C13H13ClF3NO4S/c1-22-7-11-10-6-9(23(14,20)21)3-2-8(10)4-5-18(11)12(19)13(15,16)17/h2-3,6,11H,4-5,7H2,1H3. The minimum Gasteiger partial charge on any atom is -0.382 e. The van der Waals surface area contributed by atoms with Crippen LogP contribution in [0.3, 0.4) is 0 Å². The Kier molecular flexibility index (Phi) is 4.93. The van der Waals surface area contributed by atoms with Gasteiger partial charge in [-0.1, -0.05) is 6.07 Å². The van der Waals surface area contributed by atoms with Gasteiger partial charge in [0.05, 0.1) is 17.5 Å². The Morgan fingerprint density at radius 1 is 1.43 bits per heavy atom. The smallest absolute Gasteiger partial charge is 0.382 e. The fraction of sp³-hybridized carbons (Fsp3) is 0.462. The Bertz CT molecular complexity index is 720. The summed E-state index contributed by atoms with van der Waals surface area (Å²) in [5, 5.41) is 0. The first kappa shape index (κ1) is 18.0. The van der Waals surface area contributed by atoms with E-state index in [0.29, 0.717) is 10.5 Å². The van der Waals surface area contributed by atoms with Crippen LogP contribution in [0.5, 0.6) is 0 Å². The molecule has 1 aliphatic heterocycles. The SMILES string of the molecule is COCC1c2cc(S(=O)(=O)Cl)ccc2CCN1C(=O)C(F)(F)F. The molecule has 5 nitrogen and oxygen atoms in total. The molecule has 1 aliphatic rings. The summed E-state index contributed by atoms with van der Waals surface area (Å²) in [7, 11) is 2.53. The monoisotopic (exact) mass is 371 g/mol. The van der Waals surface area contributed by atoms with Gasteiger partial charge in [0.15, 0.2) is 0 Å². The highest BCUT2D eigenvalue weighted by Gasteiger charge is 2.46. The summed E-state index contributed by atoms with van der Waals surface area (Å²) in [6, 6.07) is 2.93. The summed E-state index contributed by atoms with van der Waals surface area (Å²) in [5.41, 5.74) is 0.944. The van der Waals surface area contributed by atoms with Gasteiger partial charge in [0, 0.05) is 24.3 Å². The highest BCUT2D eigenvalue weighted by molar-refractivity contribution is 8.13. The predicted molar refractivity (Wildman–Crippen MR) is 75.6 cm³/mol. The van der Waals surface area contributed by atoms with Gasteiger partial charge in [-0.15, -0.1) is 0 Å². The fourth-order valence-corrected chi connectivity index (χ4v) is 3.36. The van der Waals surface area contributed by atoms with E-state index >= 15 is 0 Å². The van der Waals surface area contributed by atoms with Crippen molar-refractivity contribution in [1.29, 1.82) is 0 Å². The highest BCUT2D eigenvalue weighted by Crippen LogP contribution is 2.35. The number of carbonyl (C=O) groups is 1. The van der Waals surface area contributed by atoms with Gasteiger partial charge in [-0.05, 0) is 29.7 Å². The number of hydrogen-bond acceptors (Lipinski definition) is 4. The number of amides is 1. The summed E-state index contributed by atoms with van der Waals surface area (Å²) < 4.78 is 66.0. The lowest BCUT2D eigenvalue weighted by atomic mass is 9.93. The van der Waals surface area contributed by atoms with E-state index < -0.39 is 27.2 Å². The van der Waals surface area contributed by atoms with Gasteiger partial charge in [-0.2, -0.15) is 13.2 Å². The first-order valence-electron chi connectivity index (χ1n) is 6.50. The highest BCUT2D eigenvalue weighted by atomic mass is 35.7. The third-order valence-electron chi connectivity index (χ3n) is 3.58. The van der Waals surface area contributed by atoms with Crippen molar-refractivity contribution in [2.75, 3.05) is 20.3 Å². The van der Waals surface area contributed by atoms with Crippen molar-refractivity contribution in [2.45, 2.75) is 23.5 Å². The molecular formula is C13H13ClF3NO4S. The summed E-state index contributed by atoms with van der Waals surface area (Å²) in [4.78, 5) is 12.0. The summed E-state index contributed by atoms with van der Waals surface area (Å²) in [6.07, 6.45) is -4.83. The van der Waals surface area contributed by atoms with Crippen LogP contribution in [0.1, 0.15) is 17.2 Å². The third kappa shape index (κ3) is 3.78. The van der Waals surface area contributed by atoms with Crippen molar-refractivity contribution in [3.63, 3.8) is 0 Å². The number of hydrogen-bond donors (Lipinski definition) is 0. The van der Waals surface area contributed by atoms with Gasteiger partial charge in [-0.3, -0.25) is 4.79 Å². The Morgan fingerprint density at radius 2 is 2.09 bits per heavy atom. The van der Waals surface area contributed by atoms with Gasteiger partial charge in [0.2, 0.25) is 0 Å². The molecule has 1 aromatic rings. The largest absolute Gasteiger partial charge is 0.471 e. The molecule has 0 N–H and O–H groups in total. The lowest BCUT2D eigenvalue weighted by molar-refractivity contribution is -0.189. The molecular weight excluding hydrogens is 359 g/mol. The topological polar surface area (TPSA) is 63.7 Å². The second kappa shape index (κ2) is 6.29. The van der Waals surface area contributed by atoms with Crippen LogP contribution in [0, 0.1) is 0 Å². The van der Waals surface area contributed by atoms with Gasteiger partial charge < -0.3 is 9.64 Å². The average Bonchev–Trinajstić information content (AvgIpc) is 2.44. The van der Waals surface area contributed by atoms with Crippen LogP contribution in [0.25, 0.3) is 0 Å². The quantitative estimate of drug-likeness (QED) is 0.764. The van der Waals surface area contributed by atoms with E-state index in [0.717, 1.165) is 0 Å². The first-order valence-corrected chi connectivity index (χ1v) is 8.81. The maximum Gasteiger partial charge on any atom is 0.471 e. The molecule has 0 aromatic heterocycles. The van der Waals surface area contributed by atoms with E-state index in [4.69, 9.17) is 15.4 Å². The molecule has 1 unspecified atom stereocenters. The maximum absolute atomic E-state index is 12.7. The molecule has 0 fully saturated rings. The second-order valence-electron chi connectivity index (χ2n) is 5.02. The Hall–Kier alpha value is -1.32. The van der Waals surface area contributed by atoms with Crippen LogP contribution in [-0.2, 0) is 25.0 Å². The molecule has 0 bridgehead atoms. The Morgan fingerprint density at radius 3 is 2.61 bits per heavy atom. The number of methoxy groups -OCH3 is 1. The van der Waals surface area contributed by atoms with Crippen molar-refractivity contribution in [3.05, 3.63) is 29.3 Å².